The Kier molecular flexibility index (Phi) is 6.80. The quantitative estimate of drug-likeness (QED) is 0.593. The molecule has 0 bridgehead atoms. The first-order valence-corrected chi connectivity index (χ1v) is 10.2. The Balaban J connectivity index is 2.24. The summed E-state index contributed by atoms with van der Waals surface area (Å²) in [6, 6.07) is 7.06. The Labute approximate surface area is 151 Å². The molecule has 1 aliphatic rings. The number of nitrogens with zero attached hydrogens (tertiary/aromatic N) is 4. The van der Waals surface area contributed by atoms with E-state index in [0.29, 0.717) is 29.5 Å². The van der Waals surface area contributed by atoms with Gasteiger partial charge in [-0.1, -0.05) is 18.2 Å². The number of nitrogens with two attached hydrogens (primary N) is 1. The van der Waals surface area contributed by atoms with Crippen LogP contribution in [0.25, 0.3) is 0 Å². The molecule has 0 spiro atoms. The molecule has 1 heterocycles. The fourth-order valence-corrected chi connectivity index (χ4v) is 4.50. The number of benzene rings is 1. The smallest absolute Gasteiger partial charge is 0.243 e. The van der Waals surface area contributed by atoms with Crippen LogP contribution in [0.15, 0.2) is 34.2 Å². The lowest BCUT2D eigenvalue weighted by molar-refractivity contribution is 0.222. The molecule has 140 valence electrons. The van der Waals surface area contributed by atoms with E-state index in [0.717, 1.165) is 26.2 Å². The van der Waals surface area contributed by atoms with Crippen LogP contribution in [-0.4, -0.2) is 74.8 Å². The van der Waals surface area contributed by atoms with Gasteiger partial charge < -0.3 is 15.5 Å². The largest absolute Gasteiger partial charge is 0.370 e. The third-order valence-electron chi connectivity index (χ3n) is 4.55. The Morgan fingerprint density at radius 2 is 1.76 bits per heavy atom. The number of guanidine groups is 1. The number of piperazine rings is 1. The second-order valence-corrected chi connectivity index (χ2v) is 8.07. The standard InChI is InChI=1S/C17H29N5O2S/c1-4-21(5-2)17(18)19-14-15-8-6-7-9-16(15)25(23,24)22-12-10-20(3)11-13-22/h6-9H,4-5,10-14H2,1-3H3,(H2,18,19). The molecule has 0 amide bonds. The van der Waals surface area contributed by atoms with Crippen molar-refractivity contribution in [1.29, 1.82) is 0 Å². The van der Waals surface area contributed by atoms with E-state index in [1.54, 1.807) is 16.4 Å². The molecule has 0 unspecified atom stereocenters. The number of sulfonamides is 1. The fourth-order valence-electron chi connectivity index (χ4n) is 2.87. The summed E-state index contributed by atoms with van der Waals surface area (Å²) < 4.78 is 27.6. The summed E-state index contributed by atoms with van der Waals surface area (Å²) in [5, 5.41) is 0. The predicted molar refractivity (Wildman–Crippen MR) is 101 cm³/mol. The van der Waals surface area contributed by atoms with Gasteiger partial charge in [0, 0.05) is 39.3 Å². The molecule has 1 aromatic rings. The van der Waals surface area contributed by atoms with Crippen LogP contribution >= 0.6 is 0 Å². The van der Waals surface area contributed by atoms with Crippen molar-refractivity contribution in [3.8, 4) is 0 Å². The van der Waals surface area contributed by atoms with Crippen molar-refractivity contribution in [2.45, 2.75) is 25.3 Å². The lowest BCUT2D eigenvalue weighted by Crippen LogP contribution is -2.47. The topological polar surface area (TPSA) is 82.2 Å². The van der Waals surface area contributed by atoms with Gasteiger partial charge in [0.05, 0.1) is 11.4 Å². The predicted octanol–water partition coefficient (Wildman–Crippen LogP) is 0.779. The molecule has 8 heteroatoms. The zero-order valence-electron chi connectivity index (χ0n) is 15.4. The molecule has 2 rings (SSSR count). The van der Waals surface area contributed by atoms with Gasteiger partial charge in [-0.25, -0.2) is 13.4 Å². The molecular formula is C17H29N5O2S. The second kappa shape index (κ2) is 8.64. The highest BCUT2D eigenvalue weighted by Crippen LogP contribution is 2.22. The first kappa shape index (κ1) is 19.7. The third-order valence-corrected chi connectivity index (χ3v) is 6.55. The van der Waals surface area contributed by atoms with Crippen LogP contribution in [0.2, 0.25) is 0 Å². The number of hydrogen-bond acceptors (Lipinski definition) is 4. The van der Waals surface area contributed by atoms with E-state index in [2.05, 4.69) is 9.89 Å². The van der Waals surface area contributed by atoms with Gasteiger partial charge in [0.25, 0.3) is 0 Å². The van der Waals surface area contributed by atoms with Crippen molar-refractivity contribution in [3.05, 3.63) is 29.8 Å². The van der Waals surface area contributed by atoms with E-state index >= 15 is 0 Å². The molecule has 25 heavy (non-hydrogen) atoms. The summed E-state index contributed by atoms with van der Waals surface area (Å²) in [5.74, 6) is 0.441. The molecule has 1 fully saturated rings. The number of hydrogen-bond donors (Lipinski definition) is 1. The van der Waals surface area contributed by atoms with Crippen molar-refractivity contribution < 1.29 is 8.42 Å². The number of likely N-dealkylation sites (N-methyl/N-ethyl adjacent to an activating group) is 1. The molecular weight excluding hydrogens is 338 g/mol. The minimum Gasteiger partial charge on any atom is -0.370 e. The summed E-state index contributed by atoms with van der Waals surface area (Å²) in [6.45, 7) is 8.33. The molecule has 0 aliphatic carbocycles. The van der Waals surface area contributed by atoms with Crippen molar-refractivity contribution >= 4 is 16.0 Å². The van der Waals surface area contributed by atoms with Crippen LogP contribution in [0.3, 0.4) is 0 Å². The Morgan fingerprint density at radius 3 is 2.36 bits per heavy atom. The molecule has 1 saturated heterocycles. The van der Waals surface area contributed by atoms with Gasteiger partial charge in [0.15, 0.2) is 5.96 Å². The maximum atomic E-state index is 13.0. The molecule has 1 aromatic carbocycles. The first-order chi connectivity index (χ1) is 11.9. The zero-order chi connectivity index (χ0) is 18.4. The highest BCUT2D eigenvalue weighted by Gasteiger charge is 2.29. The maximum absolute atomic E-state index is 13.0. The van der Waals surface area contributed by atoms with Crippen molar-refractivity contribution in [2.24, 2.45) is 10.7 Å². The van der Waals surface area contributed by atoms with Gasteiger partial charge in [-0.05, 0) is 32.5 Å². The van der Waals surface area contributed by atoms with E-state index < -0.39 is 10.0 Å². The van der Waals surface area contributed by atoms with Gasteiger partial charge in [0.2, 0.25) is 10.0 Å². The van der Waals surface area contributed by atoms with E-state index in [1.165, 1.54) is 0 Å². The summed E-state index contributed by atoms with van der Waals surface area (Å²) >= 11 is 0. The molecule has 0 aromatic heterocycles. The molecule has 0 radical (unpaired) electrons. The van der Waals surface area contributed by atoms with E-state index in [9.17, 15) is 8.42 Å². The SMILES string of the molecule is CCN(CC)C(N)=NCc1ccccc1S(=O)(=O)N1CCN(C)CC1. The van der Waals surface area contributed by atoms with Gasteiger partial charge in [-0.2, -0.15) is 4.31 Å². The summed E-state index contributed by atoms with van der Waals surface area (Å²) in [6.07, 6.45) is 0. The average molecular weight is 368 g/mol. The van der Waals surface area contributed by atoms with Gasteiger partial charge in [0.1, 0.15) is 0 Å². The summed E-state index contributed by atoms with van der Waals surface area (Å²) in [4.78, 5) is 8.80. The monoisotopic (exact) mass is 367 g/mol. The van der Waals surface area contributed by atoms with E-state index in [4.69, 9.17) is 5.73 Å². The molecule has 7 nitrogen and oxygen atoms in total. The van der Waals surface area contributed by atoms with Crippen molar-refractivity contribution in [3.63, 3.8) is 0 Å². The van der Waals surface area contributed by atoms with Crippen LogP contribution in [0.5, 0.6) is 0 Å². The number of rotatable bonds is 6. The highest BCUT2D eigenvalue weighted by molar-refractivity contribution is 7.89. The van der Waals surface area contributed by atoms with Gasteiger partial charge in [-0.3, -0.25) is 0 Å². The summed E-state index contributed by atoms with van der Waals surface area (Å²) in [7, 11) is -1.51. The molecule has 1 aliphatic heterocycles. The Morgan fingerprint density at radius 1 is 1.16 bits per heavy atom. The lowest BCUT2D eigenvalue weighted by atomic mass is 10.2. The van der Waals surface area contributed by atoms with Gasteiger partial charge >= 0.3 is 0 Å². The molecule has 0 atom stereocenters. The average Bonchev–Trinajstić information content (AvgIpc) is 2.61. The number of aliphatic imine (C=N–C) groups is 1. The summed E-state index contributed by atoms with van der Waals surface area (Å²) in [5.41, 5.74) is 6.69. The highest BCUT2D eigenvalue weighted by atomic mass is 32.2. The minimum atomic E-state index is -3.51. The van der Waals surface area contributed by atoms with E-state index in [1.807, 2.05) is 37.9 Å². The minimum absolute atomic E-state index is 0.255. The molecule has 2 N–H and O–H groups in total. The van der Waals surface area contributed by atoms with Crippen LogP contribution < -0.4 is 5.73 Å². The van der Waals surface area contributed by atoms with Crippen LogP contribution in [0.4, 0.5) is 0 Å². The maximum Gasteiger partial charge on any atom is 0.243 e. The van der Waals surface area contributed by atoms with E-state index in [-0.39, 0.29) is 6.54 Å². The Hall–Kier alpha value is -1.64. The zero-order valence-corrected chi connectivity index (χ0v) is 16.2. The third kappa shape index (κ3) is 4.71. The van der Waals surface area contributed by atoms with Crippen LogP contribution in [-0.2, 0) is 16.6 Å². The second-order valence-electron chi connectivity index (χ2n) is 6.16. The first-order valence-electron chi connectivity index (χ1n) is 8.71. The lowest BCUT2D eigenvalue weighted by Gasteiger charge is -2.32. The fraction of sp³-hybridized carbons (Fsp3) is 0.588. The van der Waals surface area contributed by atoms with Crippen molar-refractivity contribution in [2.75, 3.05) is 46.3 Å². The van der Waals surface area contributed by atoms with Crippen LogP contribution in [0.1, 0.15) is 19.4 Å². The molecule has 0 saturated carbocycles. The van der Waals surface area contributed by atoms with Gasteiger partial charge in [-0.15, -0.1) is 0 Å². The normalized spacial score (nSPS) is 17.6. The van der Waals surface area contributed by atoms with Crippen molar-refractivity contribution in [1.82, 2.24) is 14.1 Å². The Bertz CT molecular complexity index is 693. The van der Waals surface area contributed by atoms with Crippen LogP contribution in [0, 0.1) is 0 Å².